The maximum Gasteiger partial charge on any atom is 0.311 e. The summed E-state index contributed by atoms with van der Waals surface area (Å²) in [5.74, 6) is -0.253. The van der Waals surface area contributed by atoms with E-state index >= 15 is 0 Å². The molecule has 0 aliphatic carbocycles. The molecule has 0 amide bonds. The first-order chi connectivity index (χ1) is 33.2. The van der Waals surface area contributed by atoms with Crippen molar-refractivity contribution in [3.8, 4) is 0 Å². The molecule has 380 valence electrons. The minimum Gasteiger partial charge on any atom is -0.460 e. The third kappa shape index (κ3) is 10.8. The Morgan fingerprint density at radius 1 is 0.614 bits per heavy atom. The molecule has 0 bridgehead atoms. The molecule has 7 rings (SSSR count). The maximum atomic E-state index is 13.4. The number of benzene rings is 4. The third-order valence-electron chi connectivity index (χ3n) is 15.7. The second kappa shape index (κ2) is 21.9. The van der Waals surface area contributed by atoms with Crippen molar-refractivity contribution < 1.29 is 37.0 Å². The Kier molecular flexibility index (Phi) is 17.0. The van der Waals surface area contributed by atoms with E-state index in [1.807, 2.05) is 33.8 Å². The molecule has 3 fully saturated rings. The summed E-state index contributed by atoms with van der Waals surface area (Å²) in [7, 11) is -8.54. The van der Waals surface area contributed by atoms with Crippen LogP contribution in [0, 0.1) is 5.41 Å². The highest BCUT2D eigenvalue weighted by Gasteiger charge is 2.65. The van der Waals surface area contributed by atoms with Crippen LogP contribution in [0.1, 0.15) is 109 Å². The highest BCUT2D eigenvalue weighted by Crippen LogP contribution is 2.49. The zero-order chi connectivity index (χ0) is 50.7. The van der Waals surface area contributed by atoms with Crippen molar-refractivity contribution in [2.24, 2.45) is 5.41 Å². The number of fused-ring (bicyclic) bond motifs is 2. The quantitative estimate of drug-likeness (QED) is 0.0554. The van der Waals surface area contributed by atoms with Crippen molar-refractivity contribution in [1.29, 1.82) is 0 Å². The molecule has 3 aliphatic heterocycles. The van der Waals surface area contributed by atoms with Gasteiger partial charge in [0.1, 0.15) is 36.6 Å². The van der Waals surface area contributed by atoms with Gasteiger partial charge in [-0.25, -0.2) is 0 Å². The molecule has 10 atom stereocenters. The lowest BCUT2D eigenvalue weighted by Crippen LogP contribution is -2.73. The van der Waals surface area contributed by atoms with Crippen molar-refractivity contribution in [3.63, 3.8) is 0 Å². The summed E-state index contributed by atoms with van der Waals surface area (Å²) in [6, 6.07) is 46.4. The van der Waals surface area contributed by atoms with Gasteiger partial charge in [-0.2, -0.15) is 0 Å². The van der Waals surface area contributed by atoms with Crippen LogP contribution in [-0.4, -0.2) is 92.0 Å². The second-order valence-electron chi connectivity index (χ2n) is 23.2. The Morgan fingerprint density at radius 3 is 1.41 bits per heavy atom. The minimum atomic E-state index is -3.25. The van der Waals surface area contributed by atoms with E-state index in [0.29, 0.717) is 19.3 Å². The van der Waals surface area contributed by atoms with E-state index in [1.165, 1.54) is 20.7 Å². The number of esters is 1. The van der Waals surface area contributed by atoms with E-state index in [4.69, 9.17) is 32.2 Å². The summed E-state index contributed by atoms with van der Waals surface area (Å²) in [6.45, 7) is 32.8. The van der Waals surface area contributed by atoms with Crippen molar-refractivity contribution >= 4 is 51.7 Å². The highest BCUT2D eigenvalue weighted by atomic mass is 28.4. The van der Waals surface area contributed by atoms with Crippen LogP contribution in [0.5, 0.6) is 0 Å². The van der Waals surface area contributed by atoms with E-state index in [1.54, 1.807) is 0 Å². The largest absolute Gasteiger partial charge is 0.460 e. The number of hydrogen-bond donors (Lipinski definition) is 0. The zero-order valence-electron chi connectivity index (χ0n) is 44.6. The Morgan fingerprint density at radius 2 is 1.03 bits per heavy atom. The SMILES string of the molecule is C=CC(C[C@H]1O[C@H]2[C@@H](O[Si](c3ccccc3)(c3ccccc3)C(C)(C)C)[C@H]3O[C@@H](C(C)OC(=O)C(C)(C)C)CC[C@@H]3O[C@H]2[C@H]1O[Si](c1ccccc1)(c1ccccc1)C(C)(C)C)O[Si](CC)(CC)CC. The smallest absolute Gasteiger partial charge is 0.311 e. The van der Waals surface area contributed by atoms with Gasteiger partial charge in [0.05, 0.1) is 29.8 Å². The molecule has 3 heterocycles. The first-order valence-corrected chi connectivity index (χ1v) is 32.6. The van der Waals surface area contributed by atoms with Crippen LogP contribution >= 0.6 is 0 Å². The van der Waals surface area contributed by atoms with Crippen LogP contribution in [0.25, 0.3) is 0 Å². The van der Waals surface area contributed by atoms with Crippen molar-refractivity contribution in [2.45, 2.75) is 199 Å². The van der Waals surface area contributed by atoms with E-state index in [2.05, 4.69) is 190 Å². The molecule has 0 aromatic heterocycles. The molecule has 4 aromatic rings. The lowest BCUT2D eigenvalue weighted by atomic mass is 9.87. The van der Waals surface area contributed by atoms with Gasteiger partial charge in [0.2, 0.25) is 0 Å². The number of hydrogen-bond acceptors (Lipinski definition) is 8. The molecule has 3 aliphatic rings. The summed E-state index contributed by atoms with van der Waals surface area (Å²) in [5, 5.41) is 4.06. The van der Waals surface area contributed by atoms with Gasteiger partial charge in [-0.3, -0.25) is 4.79 Å². The fourth-order valence-corrected chi connectivity index (χ4v) is 23.8. The lowest BCUT2D eigenvalue weighted by Gasteiger charge is -2.53. The number of rotatable bonds is 18. The molecule has 0 N–H and O–H groups in total. The molecule has 70 heavy (non-hydrogen) atoms. The number of carbonyl (C=O) groups excluding carboxylic acids is 1. The Bertz CT molecular complexity index is 2200. The first kappa shape index (κ1) is 54.3. The summed E-state index contributed by atoms with van der Waals surface area (Å²) >= 11 is 0. The van der Waals surface area contributed by atoms with Crippen LogP contribution in [0.4, 0.5) is 0 Å². The lowest BCUT2D eigenvalue weighted by molar-refractivity contribution is -0.264. The Hall–Kier alpha value is -3.50. The number of ether oxygens (including phenoxy) is 4. The Balaban J connectivity index is 1.43. The van der Waals surface area contributed by atoms with Gasteiger partial charge in [0.25, 0.3) is 16.6 Å². The van der Waals surface area contributed by atoms with Gasteiger partial charge in [-0.05, 0) is 89.5 Å². The summed E-state index contributed by atoms with van der Waals surface area (Å²) < 4.78 is 52.7. The number of carbonyl (C=O) groups is 1. The van der Waals surface area contributed by atoms with Gasteiger partial charge in [0, 0.05) is 6.42 Å². The topological polar surface area (TPSA) is 81.7 Å². The maximum absolute atomic E-state index is 13.4. The van der Waals surface area contributed by atoms with E-state index in [0.717, 1.165) is 18.1 Å². The molecule has 0 saturated carbocycles. The Labute approximate surface area is 424 Å². The third-order valence-corrected chi connectivity index (χ3v) is 30.4. The molecule has 0 spiro atoms. The highest BCUT2D eigenvalue weighted by molar-refractivity contribution is 7.00. The molecule has 11 heteroatoms. The second-order valence-corrected chi connectivity index (χ2v) is 36.4. The van der Waals surface area contributed by atoms with Crippen molar-refractivity contribution in [1.82, 2.24) is 0 Å². The molecule has 8 nitrogen and oxygen atoms in total. The minimum absolute atomic E-state index is 0.253. The summed E-state index contributed by atoms with van der Waals surface area (Å²) in [4.78, 5) is 13.4. The van der Waals surface area contributed by atoms with Crippen molar-refractivity contribution in [2.75, 3.05) is 0 Å². The molecule has 3 saturated heterocycles. The van der Waals surface area contributed by atoms with Crippen LogP contribution in [0.15, 0.2) is 134 Å². The fourth-order valence-electron chi connectivity index (χ4n) is 11.6. The summed E-state index contributed by atoms with van der Waals surface area (Å²) in [6.07, 6.45) is -0.869. The fraction of sp³-hybridized carbons (Fsp3) is 0.542. The van der Waals surface area contributed by atoms with Gasteiger partial charge in [-0.1, -0.05) is 190 Å². The van der Waals surface area contributed by atoms with Crippen LogP contribution < -0.4 is 20.7 Å². The predicted octanol–water partition coefficient (Wildman–Crippen LogP) is 10.9. The van der Waals surface area contributed by atoms with Crippen LogP contribution in [-0.2, 0) is 37.0 Å². The summed E-state index contributed by atoms with van der Waals surface area (Å²) in [5.41, 5.74) is -0.658. The zero-order valence-corrected chi connectivity index (χ0v) is 47.6. The molecule has 4 aromatic carbocycles. The van der Waals surface area contributed by atoms with Gasteiger partial charge in [-0.15, -0.1) is 6.58 Å². The molecule has 0 radical (unpaired) electrons. The normalized spacial score (nSPS) is 25.3. The standard InChI is InChI=1S/C59H84O8Si3/c1-15-43(65-68(16-2,17-3)18-4)41-50-52(66-69(58(9,10)11,44-31-23-19-24-32-44)45-33-25-20-26-34-45)53-54(64-50)55(51-49(63-53)40-39-48(62-51)42(5)61-56(60)57(6,7)8)67-70(59(12,13)14,46-35-27-21-28-36-46)47-37-29-22-30-38-47/h15,19-38,42-43,48-55H,1,16-18,39-41H2,2-14H3/t42?,43?,48-,49+,50-,51+,52+,53+,54-,55+/m1/s1. The van der Waals surface area contributed by atoms with Gasteiger partial charge in [0.15, 0.2) is 8.32 Å². The van der Waals surface area contributed by atoms with E-state index in [-0.39, 0.29) is 34.4 Å². The predicted molar refractivity (Wildman–Crippen MR) is 292 cm³/mol. The van der Waals surface area contributed by atoms with Crippen LogP contribution in [0.2, 0.25) is 28.2 Å². The molecule has 2 unspecified atom stereocenters. The van der Waals surface area contributed by atoms with Gasteiger partial charge < -0.3 is 32.2 Å². The van der Waals surface area contributed by atoms with E-state index < -0.39 is 73.1 Å². The van der Waals surface area contributed by atoms with Gasteiger partial charge >= 0.3 is 5.97 Å². The van der Waals surface area contributed by atoms with E-state index in [9.17, 15) is 4.79 Å². The average Bonchev–Trinajstić information content (AvgIpc) is 3.68. The first-order valence-electron chi connectivity index (χ1n) is 26.2. The van der Waals surface area contributed by atoms with Crippen LogP contribution in [0.3, 0.4) is 0 Å². The monoisotopic (exact) mass is 1000 g/mol. The molecular weight excluding hydrogens is 921 g/mol. The van der Waals surface area contributed by atoms with Crippen molar-refractivity contribution in [3.05, 3.63) is 134 Å². The average molecular weight is 1010 g/mol. The molecular formula is C59H84O8Si3.